The SMILES string of the molecule is O=C(O)/C(=C/c1ncc(-c2ccccc2)o1)NC(=O)c1ccccc1. The number of amides is 1. The smallest absolute Gasteiger partial charge is 0.352 e. The number of carbonyl (C=O) groups is 2. The van der Waals surface area contributed by atoms with Crippen LogP contribution in [0.4, 0.5) is 0 Å². The van der Waals surface area contributed by atoms with Crippen LogP contribution >= 0.6 is 0 Å². The maximum atomic E-state index is 12.1. The van der Waals surface area contributed by atoms with Crippen LogP contribution in [-0.4, -0.2) is 22.0 Å². The number of nitrogens with zero attached hydrogens (tertiary/aromatic N) is 1. The van der Waals surface area contributed by atoms with E-state index in [1.807, 2.05) is 30.3 Å². The van der Waals surface area contributed by atoms with E-state index in [1.54, 1.807) is 30.3 Å². The molecule has 3 aromatic rings. The van der Waals surface area contributed by atoms with Gasteiger partial charge in [-0.15, -0.1) is 0 Å². The molecule has 0 saturated heterocycles. The minimum atomic E-state index is -1.29. The molecule has 0 spiro atoms. The van der Waals surface area contributed by atoms with Crippen molar-refractivity contribution in [3.05, 3.63) is 84.0 Å². The highest BCUT2D eigenvalue weighted by Gasteiger charge is 2.15. The molecule has 0 bridgehead atoms. The standard InChI is InChI=1S/C19H14N2O4/c22-18(14-9-5-2-6-10-14)21-15(19(23)24)11-17-20-12-16(25-17)13-7-3-1-4-8-13/h1-12H,(H,21,22)(H,23,24)/b15-11-. The first-order valence-electron chi connectivity index (χ1n) is 7.46. The number of carboxylic acids is 1. The first-order chi connectivity index (χ1) is 12.1. The lowest BCUT2D eigenvalue weighted by molar-refractivity contribution is -0.132. The van der Waals surface area contributed by atoms with Crippen LogP contribution in [0.1, 0.15) is 16.2 Å². The maximum Gasteiger partial charge on any atom is 0.352 e. The molecule has 0 atom stereocenters. The van der Waals surface area contributed by atoms with Gasteiger partial charge in [0, 0.05) is 17.2 Å². The van der Waals surface area contributed by atoms with Crippen molar-refractivity contribution in [2.45, 2.75) is 0 Å². The highest BCUT2D eigenvalue weighted by molar-refractivity contribution is 6.02. The fraction of sp³-hybridized carbons (Fsp3) is 0. The van der Waals surface area contributed by atoms with Crippen LogP contribution in [0.3, 0.4) is 0 Å². The minimum Gasteiger partial charge on any atom is -0.477 e. The molecule has 1 amide bonds. The third-order valence-corrected chi connectivity index (χ3v) is 3.36. The van der Waals surface area contributed by atoms with E-state index in [0.29, 0.717) is 11.3 Å². The zero-order valence-corrected chi connectivity index (χ0v) is 13.0. The van der Waals surface area contributed by atoms with Crippen LogP contribution in [0.25, 0.3) is 17.4 Å². The molecule has 1 aromatic heterocycles. The summed E-state index contributed by atoms with van der Waals surface area (Å²) in [6.07, 6.45) is 2.68. The summed E-state index contributed by atoms with van der Waals surface area (Å²) in [6.45, 7) is 0. The van der Waals surface area contributed by atoms with Crippen molar-refractivity contribution < 1.29 is 19.1 Å². The van der Waals surface area contributed by atoms with E-state index < -0.39 is 11.9 Å². The van der Waals surface area contributed by atoms with Gasteiger partial charge >= 0.3 is 5.97 Å². The number of aliphatic carboxylic acids is 1. The van der Waals surface area contributed by atoms with E-state index in [9.17, 15) is 14.7 Å². The summed E-state index contributed by atoms with van der Waals surface area (Å²) >= 11 is 0. The number of carboxylic acid groups (broad SMARTS) is 1. The molecule has 6 heteroatoms. The van der Waals surface area contributed by atoms with Gasteiger partial charge in [-0.3, -0.25) is 4.79 Å². The molecule has 0 aliphatic rings. The van der Waals surface area contributed by atoms with Gasteiger partial charge in [0.05, 0.1) is 6.20 Å². The fourth-order valence-corrected chi connectivity index (χ4v) is 2.15. The van der Waals surface area contributed by atoms with E-state index in [1.165, 1.54) is 12.3 Å². The molecule has 124 valence electrons. The molecule has 0 unspecified atom stereocenters. The van der Waals surface area contributed by atoms with Crippen molar-refractivity contribution in [2.75, 3.05) is 0 Å². The third-order valence-electron chi connectivity index (χ3n) is 3.36. The van der Waals surface area contributed by atoms with Crippen molar-refractivity contribution in [1.29, 1.82) is 0 Å². The van der Waals surface area contributed by atoms with Gasteiger partial charge in [-0.1, -0.05) is 48.5 Å². The van der Waals surface area contributed by atoms with E-state index in [0.717, 1.165) is 5.56 Å². The summed E-state index contributed by atoms with van der Waals surface area (Å²) in [4.78, 5) is 27.5. The van der Waals surface area contributed by atoms with E-state index in [4.69, 9.17) is 4.42 Å². The Labute approximate surface area is 143 Å². The molecule has 3 rings (SSSR count). The molecule has 0 radical (unpaired) electrons. The second-order valence-corrected chi connectivity index (χ2v) is 5.11. The van der Waals surface area contributed by atoms with Crippen molar-refractivity contribution in [1.82, 2.24) is 10.3 Å². The Morgan fingerprint density at radius 1 is 1.00 bits per heavy atom. The second kappa shape index (κ2) is 7.27. The predicted octanol–water partition coefficient (Wildman–Crippen LogP) is 3.20. The molecule has 0 saturated carbocycles. The molecular formula is C19H14N2O4. The maximum absolute atomic E-state index is 12.1. The third kappa shape index (κ3) is 4.00. The number of carbonyl (C=O) groups excluding carboxylic acids is 1. The number of hydrogen-bond donors (Lipinski definition) is 2. The number of nitrogens with one attached hydrogen (secondary N) is 1. The van der Waals surface area contributed by atoms with Gasteiger partial charge in [-0.05, 0) is 12.1 Å². The average Bonchev–Trinajstić information content (AvgIpc) is 3.11. The highest BCUT2D eigenvalue weighted by atomic mass is 16.4. The van der Waals surface area contributed by atoms with Crippen molar-refractivity contribution in [3.63, 3.8) is 0 Å². The molecule has 0 aliphatic heterocycles. The molecular weight excluding hydrogens is 320 g/mol. The normalized spacial score (nSPS) is 11.1. The number of rotatable bonds is 5. The van der Waals surface area contributed by atoms with E-state index in [-0.39, 0.29) is 11.6 Å². The Bertz CT molecular complexity index is 915. The van der Waals surface area contributed by atoms with Crippen LogP contribution < -0.4 is 5.32 Å². The van der Waals surface area contributed by atoms with Crippen LogP contribution in [0, 0.1) is 0 Å². The summed E-state index contributed by atoms with van der Waals surface area (Å²) in [5.74, 6) is -1.22. The Hall–Kier alpha value is -3.67. The lowest BCUT2D eigenvalue weighted by Gasteiger charge is -2.05. The summed E-state index contributed by atoms with van der Waals surface area (Å²) in [5, 5.41) is 11.7. The second-order valence-electron chi connectivity index (χ2n) is 5.11. The monoisotopic (exact) mass is 334 g/mol. The van der Waals surface area contributed by atoms with Gasteiger partial charge in [-0.2, -0.15) is 0 Å². The number of benzene rings is 2. The number of aromatic nitrogens is 1. The Morgan fingerprint density at radius 3 is 2.28 bits per heavy atom. The first kappa shape index (κ1) is 16.2. The van der Waals surface area contributed by atoms with Crippen LogP contribution in [0.5, 0.6) is 0 Å². The van der Waals surface area contributed by atoms with E-state index in [2.05, 4.69) is 10.3 Å². The largest absolute Gasteiger partial charge is 0.477 e. The summed E-state index contributed by atoms with van der Waals surface area (Å²) in [7, 11) is 0. The van der Waals surface area contributed by atoms with E-state index >= 15 is 0 Å². The van der Waals surface area contributed by atoms with Crippen LogP contribution in [0.2, 0.25) is 0 Å². The van der Waals surface area contributed by atoms with Crippen molar-refractivity contribution in [2.24, 2.45) is 0 Å². The Balaban J connectivity index is 1.82. The fourth-order valence-electron chi connectivity index (χ4n) is 2.15. The van der Waals surface area contributed by atoms with Gasteiger partial charge in [0.15, 0.2) is 5.76 Å². The van der Waals surface area contributed by atoms with Gasteiger partial charge < -0.3 is 14.8 Å². The van der Waals surface area contributed by atoms with Gasteiger partial charge in [0.2, 0.25) is 5.89 Å². The van der Waals surface area contributed by atoms with Crippen LogP contribution in [-0.2, 0) is 4.79 Å². The molecule has 6 nitrogen and oxygen atoms in total. The van der Waals surface area contributed by atoms with Gasteiger partial charge in [0.25, 0.3) is 5.91 Å². The minimum absolute atomic E-state index is 0.0876. The summed E-state index contributed by atoms with van der Waals surface area (Å²) < 4.78 is 5.54. The van der Waals surface area contributed by atoms with Crippen LogP contribution in [0.15, 0.2) is 77.0 Å². The molecule has 1 heterocycles. The number of hydrogen-bond acceptors (Lipinski definition) is 4. The highest BCUT2D eigenvalue weighted by Crippen LogP contribution is 2.20. The first-order valence-corrected chi connectivity index (χ1v) is 7.46. The molecule has 2 aromatic carbocycles. The quantitative estimate of drug-likeness (QED) is 0.699. The van der Waals surface area contributed by atoms with Crippen molar-refractivity contribution in [3.8, 4) is 11.3 Å². The zero-order chi connectivity index (χ0) is 17.6. The zero-order valence-electron chi connectivity index (χ0n) is 13.0. The molecule has 0 aliphatic carbocycles. The van der Waals surface area contributed by atoms with Gasteiger partial charge in [-0.25, -0.2) is 9.78 Å². The number of oxazole rings is 1. The topological polar surface area (TPSA) is 92.4 Å². The average molecular weight is 334 g/mol. The summed E-state index contributed by atoms with van der Waals surface area (Å²) in [6, 6.07) is 17.6. The van der Waals surface area contributed by atoms with Gasteiger partial charge in [0.1, 0.15) is 5.70 Å². The lowest BCUT2D eigenvalue weighted by Crippen LogP contribution is -2.27. The predicted molar refractivity (Wildman–Crippen MR) is 91.5 cm³/mol. The molecule has 25 heavy (non-hydrogen) atoms. The Morgan fingerprint density at radius 2 is 1.64 bits per heavy atom. The molecule has 0 fully saturated rings. The molecule has 2 N–H and O–H groups in total. The Kier molecular flexibility index (Phi) is 4.71. The van der Waals surface area contributed by atoms with Crippen molar-refractivity contribution >= 4 is 18.0 Å². The summed E-state index contributed by atoms with van der Waals surface area (Å²) in [5.41, 5.74) is 0.849. The lowest BCUT2D eigenvalue weighted by atomic mass is 10.2.